The normalized spacial score (nSPS) is 18.3. The van der Waals surface area contributed by atoms with Crippen molar-refractivity contribution in [3.63, 3.8) is 0 Å². The van der Waals surface area contributed by atoms with E-state index in [1.807, 2.05) is 0 Å². The molecule has 2 N–H and O–H groups in total. The lowest BCUT2D eigenvalue weighted by atomic mass is 10.1. The lowest BCUT2D eigenvalue weighted by Crippen LogP contribution is -2.45. The Hall–Kier alpha value is -1.33. The molecule has 1 aromatic rings. The highest BCUT2D eigenvalue weighted by Gasteiger charge is 2.21. The number of hydrogen-bond acceptors (Lipinski definition) is 3. The van der Waals surface area contributed by atoms with Gasteiger partial charge >= 0.3 is 0 Å². The summed E-state index contributed by atoms with van der Waals surface area (Å²) in [5.41, 5.74) is -0.0226. The smallest absolute Gasteiger partial charge is 0.258 e. The minimum absolute atomic E-state index is 0. The number of nitrogens with one attached hydrogen (secondary N) is 2. The first-order valence-corrected chi connectivity index (χ1v) is 6.06. The monoisotopic (exact) mass is 288 g/mol. The topological polar surface area (TPSA) is 50.4 Å². The van der Waals surface area contributed by atoms with E-state index in [4.69, 9.17) is 4.74 Å². The molecule has 1 aromatic carbocycles. The number of piperidine rings is 1. The van der Waals surface area contributed by atoms with Crippen LogP contribution < -0.4 is 15.4 Å². The first-order chi connectivity index (χ1) is 8.72. The van der Waals surface area contributed by atoms with E-state index in [0.29, 0.717) is 0 Å². The molecule has 1 amide bonds. The van der Waals surface area contributed by atoms with Gasteiger partial charge in [-0.1, -0.05) is 6.07 Å². The number of ether oxygens (including phenoxy) is 1. The van der Waals surface area contributed by atoms with Crippen molar-refractivity contribution in [3.8, 4) is 5.75 Å². The molecule has 0 saturated carbocycles. The highest BCUT2D eigenvalue weighted by Crippen LogP contribution is 2.21. The number of carbonyl (C=O) groups is 1. The second-order valence-electron chi connectivity index (χ2n) is 4.33. The molecule has 1 heterocycles. The molecular weight excluding hydrogens is 271 g/mol. The number of hydrogen-bond donors (Lipinski definition) is 2. The van der Waals surface area contributed by atoms with Crippen LogP contribution in [0.15, 0.2) is 18.2 Å². The molecule has 0 radical (unpaired) electrons. The van der Waals surface area contributed by atoms with Gasteiger partial charge in [0.15, 0.2) is 0 Å². The van der Waals surface area contributed by atoms with Crippen molar-refractivity contribution in [1.29, 1.82) is 0 Å². The van der Waals surface area contributed by atoms with Gasteiger partial charge in [-0.25, -0.2) is 4.39 Å². The van der Waals surface area contributed by atoms with Crippen molar-refractivity contribution in [1.82, 2.24) is 10.6 Å². The fourth-order valence-electron chi connectivity index (χ4n) is 2.13. The van der Waals surface area contributed by atoms with Gasteiger partial charge in [-0.05, 0) is 31.5 Å². The number of rotatable bonds is 3. The van der Waals surface area contributed by atoms with Gasteiger partial charge in [0.1, 0.15) is 17.1 Å². The SMILES string of the molecule is COc1cccc(F)c1C(=O)N[C@H]1CCCNC1.Cl. The first-order valence-electron chi connectivity index (χ1n) is 6.06. The van der Waals surface area contributed by atoms with E-state index in [0.717, 1.165) is 25.9 Å². The molecule has 106 valence electrons. The standard InChI is InChI=1S/C13H17FN2O2.ClH/c1-18-11-6-2-5-10(14)12(11)13(17)16-9-4-3-7-15-8-9;/h2,5-6,9,15H,3-4,7-8H2,1H3,(H,16,17);1H/t9-;/m0./s1. The van der Waals surface area contributed by atoms with Crippen LogP contribution in [-0.2, 0) is 0 Å². The third kappa shape index (κ3) is 3.81. The Morgan fingerprint density at radius 2 is 2.32 bits per heavy atom. The summed E-state index contributed by atoms with van der Waals surface area (Å²) in [7, 11) is 1.42. The van der Waals surface area contributed by atoms with Gasteiger partial charge in [0, 0.05) is 12.6 Å². The van der Waals surface area contributed by atoms with Crippen molar-refractivity contribution >= 4 is 18.3 Å². The molecule has 0 aromatic heterocycles. The highest BCUT2D eigenvalue weighted by molar-refractivity contribution is 5.97. The fraction of sp³-hybridized carbons (Fsp3) is 0.462. The summed E-state index contributed by atoms with van der Waals surface area (Å²) >= 11 is 0. The summed E-state index contributed by atoms with van der Waals surface area (Å²) in [4.78, 5) is 12.1. The Morgan fingerprint density at radius 3 is 2.95 bits per heavy atom. The van der Waals surface area contributed by atoms with E-state index in [1.54, 1.807) is 6.07 Å². The summed E-state index contributed by atoms with van der Waals surface area (Å²) in [5, 5.41) is 6.02. The number of methoxy groups -OCH3 is 1. The van der Waals surface area contributed by atoms with Crippen molar-refractivity contribution in [2.45, 2.75) is 18.9 Å². The maximum Gasteiger partial charge on any atom is 0.258 e. The lowest BCUT2D eigenvalue weighted by Gasteiger charge is -2.24. The number of benzene rings is 1. The Kier molecular flexibility index (Phi) is 6.05. The van der Waals surface area contributed by atoms with Crippen LogP contribution in [0.5, 0.6) is 5.75 Å². The second-order valence-corrected chi connectivity index (χ2v) is 4.33. The number of halogens is 2. The minimum Gasteiger partial charge on any atom is -0.496 e. The van der Waals surface area contributed by atoms with Crippen LogP contribution in [-0.4, -0.2) is 32.1 Å². The van der Waals surface area contributed by atoms with E-state index in [-0.39, 0.29) is 29.8 Å². The van der Waals surface area contributed by atoms with Crippen LogP contribution in [0.4, 0.5) is 4.39 Å². The van der Waals surface area contributed by atoms with Crippen LogP contribution in [0, 0.1) is 5.82 Å². The van der Waals surface area contributed by atoms with E-state index in [1.165, 1.54) is 19.2 Å². The number of carbonyl (C=O) groups excluding carboxylic acids is 1. The van der Waals surface area contributed by atoms with Crippen molar-refractivity contribution in [2.75, 3.05) is 20.2 Å². The largest absolute Gasteiger partial charge is 0.496 e. The molecule has 0 bridgehead atoms. The third-order valence-electron chi connectivity index (χ3n) is 3.05. The molecule has 2 rings (SSSR count). The van der Waals surface area contributed by atoms with E-state index < -0.39 is 11.7 Å². The second kappa shape index (κ2) is 7.31. The molecule has 0 spiro atoms. The predicted molar refractivity (Wildman–Crippen MR) is 73.6 cm³/mol. The zero-order valence-electron chi connectivity index (χ0n) is 10.7. The lowest BCUT2D eigenvalue weighted by molar-refractivity contribution is 0.0923. The van der Waals surface area contributed by atoms with Crippen LogP contribution in [0.25, 0.3) is 0 Å². The van der Waals surface area contributed by atoms with Gasteiger partial charge in [-0.3, -0.25) is 4.79 Å². The molecule has 1 saturated heterocycles. The quantitative estimate of drug-likeness (QED) is 0.891. The summed E-state index contributed by atoms with van der Waals surface area (Å²) in [5.74, 6) is -0.717. The van der Waals surface area contributed by atoms with Crippen molar-refractivity contribution in [2.24, 2.45) is 0 Å². The minimum atomic E-state index is -0.560. The van der Waals surface area contributed by atoms with Gasteiger partial charge in [-0.15, -0.1) is 12.4 Å². The van der Waals surface area contributed by atoms with E-state index in [2.05, 4.69) is 10.6 Å². The molecule has 0 aliphatic carbocycles. The van der Waals surface area contributed by atoms with Crippen molar-refractivity contribution < 1.29 is 13.9 Å². The van der Waals surface area contributed by atoms with Crippen LogP contribution in [0.2, 0.25) is 0 Å². The Morgan fingerprint density at radius 1 is 1.53 bits per heavy atom. The van der Waals surface area contributed by atoms with Crippen molar-refractivity contribution in [3.05, 3.63) is 29.6 Å². The van der Waals surface area contributed by atoms with Gasteiger partial charge in [0.2, 0.25) is 0 Å². The van der Waals surface area contributed by atoms with Gasteiger partial charge < -0.3 is 15.4 Å². The molecular formula is C13H18ClFN2O2. The third-order valence-corrected chi connectivity index (χ3v) is 3.05. The molecule has 1 fully saturated rings. The van der Waals surface area contributed by atoms with Crippen LogP contribution >= 0.6 is 12.4 Å². The molecule has 1 aliphatic rings. The summed E-state index contributed by atoms with van der Waals surface area (Å²) in [6.45, 7) is 1.69. The molecule has 6 heteroatoms. The zero-order chi connectivity index (χ0) is 13.0. The summed E-state index contributed by atoms with van der Waals surface area (Å²) in [6.07, 6.45) is 1.93. The molecule has 1 aliphatic heterocycles. The molecule has 19 heavy (non-hydrogen) atoms. The summed E-state index contributed by atoms with van der Waals surface area (Å²) < 4.78 is 18.7. The average Bonchev–Trinajstić information content (AvgIpc) is 2.39. The average molecular weight is 289 g/mol. The Labute approximate surface area is 118 Å². The van der Waals surface area contributed by atoms with Gasteiger partial charge in [-0.2, -0.15) is 0 Å². The first kappa shape index (κ1) is 15.7. The Balaban J connectivity index is 0.00000180. The van der Waals surface area contributed by atoms with Crippen LogP contribution in [0.1, 0.15) is 23.2 Å². The summed E-state index contributed by atoms with van der Waals surface area (Å²) in [6, 6.07) is 4.41. The van der Waals surface area contributed by atoms with Gasteiger partial charge in [0.05, 0.1) is 7.11 Å². The molecule has 4 nitrogen and oxygen atoms in total. The predicted octanol–water partition coefficient (Wildman–Crippen LogP) is 1.74. The Bertz CT molecular complexity index is 437. The molecule has 1 atom stereocenters. The van der Waals surface area contributed by atoms with E-state index >= 15 is 0 Å². The fourth-order valence-corrected chi connectivity index (χ4v) is 2.13. The maximum atomic E-state index is 13.7. The maximum absolute atomic E-state index is 13.7. The zero-order valence-corrected chi connectivity index (χ0v) is 11.6. The van der Waals surface area contributed by atoms with Gasteiger partial charge in [0.25, 0.3) is 5.91 Å². The van der Waals surface area contributed by atoms with Crippen LogP contribution in [0.3, 0.4) is 0 Å². The molecule has 0 unspecified atom stereocenters. The number of amides is 1. The van der Waals surface area contributed by atoms with E-state index in [9.17, 15) is 9.18 Å². The highest BCUT2D eigenvalue weighted by atomic mass is 35.5.